The Hall–Kier alpha value is -0.0500. The van der Waals surface area contributed by atoms with Gasteiger partial charge in [-0.2, -0.15) is 0 Å². The Morgan fingerprint density at radius 1 is 1.35 bits per heavy atom. The highest BCUT2D eigenvalue weighted by atomic mass is 79.9. The third-order valence-electron chi connectivity index (χ3n) is 3.14. The SMILES string of the molecule is CCNC(CC(C)CC)c1cccc(Br)c1Cl. The molecule has 1 aromatic rings. The molecule has 0 saturated heterocycles. The molecule has 2 atom stereocenters. The maximum Gasteiger partial charge on any atom is 0.0595 e. The van der Waals surface area contributed by atoms with Crippen molar-refractivity contribution in [1.82, 2.24) is 5.32 Å². The lowest BCUT2D eigenvalue weighted by atomic mass is 9.94. The summed E-state index contributed by atoms with van der Waals surface area (Å²) in [5.74, 6) is 0.703. The van der Waals surface area contributed by atoms with E-state index in [1.807, 2.05) is 12.1 Å². The Bertz CT molecular complexity index is 354. The van der Waals surface area contributed by atoms with Gasteiger partial charge in [-0.3, -0.25) is 0 Å². The molecular weight excluding hydrogens is 298 g/mol. The summed E-state index contributed by atoms with van der Waals surface area (Å²) < 4.78 is 0.976. The van der Waals surface area contributed by atoms with Gasteiger partial charge < -0.3 is 5.32 Å². The minimum atomic E-state index is 0.347. The lowest BCUT2D eigenvalue weighted by Gasteiger charge is -2.23. The normalized spacial score (nSPS) is 14.6. The lowest BCUT2D eigenvalue weighted by Crippen LogP contribution is -2.23. The van der Waals surface area contributed by atoms with Gasteiger partial charge in [0.25, 0.3) is 0 Å². The smallest absolute Gasteiger partial charge is 0.0595 e. The van der Waals surface area contributed by atoms with Gasteiger partial charge in [-0.15, -0.1) is 0 Å². The first kappa shape index (κ1) is 15.0. The third kappa shape index (κ3) is 4.27. The Labute approximate surface area is 118 Å². The van der Waals surface area contributed by atoms with E-state index < -0.39 is 0 Å². The van der Waals surface area contributed by atoms with Crippen LogP contribution in [0.5, 0.6) is 0 Å². The molecule has 17 heavy (non-hydrogen) atoms. The number of rotatable bonds is 6. The fraction of sp³-hybridized carbons (Fsp3) is 0.571. The monoisotopic (exact) mass is 317 g/mol. The van der Waals surface area contributed by atoms with Crippen molar-refractivity contribution < 1.29 is 0 Å². The van der Waals surface area contributed by atoms with Gasteiger partial charge in [0.2, 0.25) is 0 Å². The Morgan fingerprint density at radius 3 is 2.65 bits per heavy atom. The van der Waals surface area contributed by atoms with E-state index >= 15 is 0 Å². The second-order valence-corrected chi connectivity index (χ2v) is 5.73. The standard InChI is InChI=1S/C14H21BrClN/c1-4-10(3)9-13(17-5-2)11-7-6-8-12(15)14(11)16/h6-8,10,13,17H,4-5,9H2,1-3H3. The summed E-state index contributed by atoms with van der Waals surface area (Å²) in [5, 5.41) is 4.36. The molecule has 1 rings (SSSR count). The summed E-state index contributed by atoms with van der Waals surface area (Å²) in [6, 6.07) is 6.49. The second kappa shape index (κ2) is 7.40. The average Bonchev–Trinajstić information content (AvgIpc) is 2.32. The number of hydrogen-bond donors (Lipinski definition) is 1. The van der Waals surface area contributed by atoms with Gasteiger partial charge in [0.1, 0.15) is 0 Å². The van der Waals surface area contributed by atoms with Crippen molar-refractivity contribution >= 4 is 27.5 Å². The van der Waals surface area contributed by atoms with E-state index in [2.05, 4.69) is 48.1 Å². The molecule has 0 aliphatic rings. The number of hydrogen-bond acceptors (Lipinski definition) is 1. The number of halogens is 2. The van der Waals surface area contributed by atoms with Gasteiger partial charge >= 0.3 is 0 Å². The number of benzene rings is 1. The fourth-order valence-electron chi connectivity index (χ4n) is 1.93. The van der Waals surface area contributed by atoms with Gasteiger partial charge in [0.05, 0.1) is 5.02 Å². The molecule has 1 aromatic carbocycles. The molecule has 2 unspecified atom stereocenters. The Morgan fingerprint density at radius 2 is 2.06 bits per heavy atom. The van der Waals surface area contributed by atoms with E-state index in [0.717, 1.165) is 22.5 Å². The van der Waals surface area contributed by atoms with Gasteiger partial charge in [-0.25, -0.2) is 0 Å². The molecule has 96 valence electrons. The predicted molar refractivity (Wildman–Crippen MR) is 79.6 cm³/mol. The summed E-state index contributed by atoms with van der Waals surface area (Å²) in [6.45, 7) is 7.62. The van der Waals surface area contributed by atoms with Crippen LogP contribution in [-0.4, -0.2) is 6.54 Å². The van der Waals surface area contributed by atoms with Crippen LogP contribution in [0, 0.1) is 5.92 Å². The quantitative estimate of drug-likeness (QED) is 0.761. The Kier molecular flexibility index (Phi) is 6.53. The lowest BCUT2D eigenvalue weighted by molar-refractivity contribution is 0.408. The predicted octanol–water partition coefficient (Wildman–Crippen LogP) is 5.19. The molecule has 0 saturated carbocycles. The first-order valence-electron chi connectivity index (χ1n) is 6.27. The molecule has 0 radical (unpaired) electrons. The van der Waals surface area contributed by atoms with Crippen molar-refractivity contribution in [2.45, 2.75) is 39.7 Å². The van der Waals surface area contributed by atoms with Gasteiger partial charge in [-0.1, -0.05) is 50.9 Å². The van der Waals surface area contributed by atoms with Crippen LogP contribution < -0.4 is 5.32 Å². The van der Waals surface area contributed by atoms with E-state index in [0.29, 0.717) is 12.0 Å². The van der Waals surface area contributed by atoms with Crippen molar-refractivity contribution in [3.63, 3.8) is 0 Å². The minimum absolute atomic E-state index is 0.347. The summed E-state index contributed by atoms with van der Waals surface area (Å²) in [5.41, 5.74) is 1.20. The van der Waals surface area contributed by atoms with Crippen molar-refractivity contribution in [2.75, 3.05) is 6.54 Å². The zero-order valence-corrected chi connectivity index (χ0v) is 13.1. The second-order valence-electron chi connectivity index (χ2n) is 4.50. The molecule has 1 N–H and O–H groups in total. The highest BCUT2D eigenvalue weighted by Gasteiger charge is 2.17. The van der Waals surface area contributed by atoms with Crippen LogP contribution in [0.2, 0.25) is 5.02 Å². The zero-order valence-electron chi connectivity index (χ0n) is 10.8. The van der Waals surface area contributed by atoms with Crippen LogP contribution in [0.25, 0.3) is 0 Å². The average molecular weight is 319 g/mol. The first-order valence-corrected chi connectivity index (χ1v) is 7.44. The highest BCUT2D eigenvalue weighted by molar-refractivity contribution is 9.10. The van der Waals surface area contributed by atoms with Crippen LogP contribution in [-0.2, 0) is 0 Å². The molecule has 0 bridgehead atoms. The highest BCUT2D eigenvalue weighted by Crippen LogP contribution is 2.33. The third-order valence-corrected chi connectivity index (χ3v) is 4.45. The maximum absolute atomic E-state index is 6.36. The van der Waals surface area contributed by atoms with Gasteiger partial charge in [-0.05, 0) is 46.4 Å². The summed E-state index contributed by atoms with van der Waals surface area (Å²) in [6.07, 6.45) is 2.33. The maximum atomic E-state index is 6.36. The van der Waals surface area contributed by atoms with Crippen LogP contribution in [0.1, 0.15) is 45.2 Å². The number of nitrogens with one attached hydrogen (secondary N) is 1. The minimum Gasteiger partial charge on any atom is -0.310 e. The molecule has 0 aliphatic heterocycles. The molecule has 0 aromatic heterocycles. The largest absolute Gasteiger partial charge is 0.310 e. The van der Waals surface area contributed by atoms with E-state index in [1.165, 1.54) is 12.0 Å². The molecular formula is C14H21BrClN. The van der Waals surface area contributed by atoms with E-state index in [1.54, 1.807) is 0 Å². The van der Waals surface area contributed by atoms with Crippen LogP contribution >= 0.6 is 27.5 Å². The van der Waals surface area contributed by atoms with Crippen molar-refractivity contribution in [1.29, 1.82) is 0 Å². The molecule has 0 fully saturated rings. The van der Waals surface area contributed by atoms with Crippen molar-refractivity contribution in [3.05, 3.63) is 33.3 Å². The zero-order chi connectivity index (χ0) is 12.8. The summed E-state index contributed by atoms with van der Waals surface area (Å²) >= 11 is 9.85. The molecule has 0 amide bonds. The molecule has 3 heteroatoms. The molecule has 0 aliphatic carbocycles. The topological polar surface area (TPSA) is 12.0 Å². The summed E-state index contributed by atoms with van der Waals surface area (Å²) in [7, 11) is 0. The van der Waals surface area contributed by atoms with Crippen LogP contribution in [0.15, 0.2) is 22.7 Å². The first-order chi connectivity index (χ1) is 8.10. The van der Waals surface area contributed by atoms with E-state index in [4.69, 9.17) is 11.6 Å². The van der Waals surface area contributed by atoms with E-state index in [9.17, 15) is 0 Å². The Balaban J connectivity index is 2.92. The fourth-order valence-corrected chi connectivity index (χ4v) is 2.56. The van der Waals surface area contributed by atoms with Crippen LogP contribution in [0.3, 0.4) is 0 Å². The van der Waals surface area contributed by atoms with Gasteiger partial charge in [0.15, 0.2) is 0 Å². The van der Waals surface area contributed by atoms with Gasteiger partial charge in [0, 0.05) is 10.5 Å². The van der Waals surface area contributed by atoms with Crippen molar-refractivity contribution in [2.24, 2.45) is 5.92 Å². The molecule has 0 spiro atoms. The van der Waals surface area contributed by atoms with E-state index in [-0.39, 0.29) is 0 Å². The molecule has 0 heterocycles. The summed E-state index contributed by atoms with van der Waals surface area (Å²) in [4.78, 5) is 0. The van der Waals surface area contributed by atoms with Crippen LogP contribution in [0.4, 0.5) is 0 Å². The molecule has 1 nitrogen and oxygen atoms in total. The van der Waals surface area contributed by atoms with Crippen molar-refractivity contribution in [3.8, 4) is 0 Å².